The van der Waals surface area contributed by atoms with Gasteiger partial charge in [0.15, 0.2) is 0 Å². The van der Waals surface area contributed by atoms with Gasteiger partial charge in [-0.3, -0.25) is 19.4 Å². The molecule has 0 radical (unpaired) electrons. The van der Waals surface area contributed by atoms with Crippen molar-refractivity contribution in [3.63, 3.8) is 0 Å². The van der Waals surface area contributed by atoms with Gasteiger partial charge in [0.2, 0.25) is 0 Å². The highest BCUT2D eigenvalue weighted by Gasteiger charge is 2.45. The summed E-state index contributed by atoms with van der Waals surface area (Å²) < 4.78 is 0. The Balaban J connectivity index is 2.77. The molecule has 1 fully saturated rings. The molecule has 0 aromatic heterocycles. The Kier molecular flexibility index (Phi) is 5.45. The van der Waals surface area contributed by atoms with E-state index in [0.29, 0.717) is 9.80 Å². The van der Waals surface area contributed by atoms with Crippen LogP contribution >= 0.6 is 25.3 Å². The van der Waals surface area contributed by atoms with Crippen LogP contribution in [0.1, 0.15) is 0 Å². The zero-order valence-corrected chi connectivity index (χ0v) is 11.2. The van der Waals surface area contributed by atoms with Crippen LogP contribution in [0.3, 0.4) is 0 Å². The molecule has 18 heavy (non-hydrogen) atoms. The number of imide groups is 2. The van der Waals surface area contributed by atoms with Crippen molar-refractivity contribution in [2.75, 3.05) is 24.6 Å². The van der Waals surface area contributed by atoms with Crippen molar-refractivity contribution in [1.82, 2.24) is 9.80 Å². The van der Waals surface area contributed by atoms with E-state index in [1.165, 1.54) is 0 Å². The number of β-amino-alcohol motifs (C(OH)–C–C–N with tert-alkyl or cyclic N) is 2. The zero-order valence-electron chi connectivity index (χ0n) is 9.39. The SMILES string of the molecule is O=C1C(=O)N(CC(O)CS)C(=O)N1CC(O)CS. The van der Waals surface area contributed by atoms with Gasteiger partial charge >= 0.3 is 17.8 Å². The number of urea groups is 1. The summed E-state index contributed by atoms with van der Waals surface area (Å²) in [4.78, 5) is 36.1. The van der Waals surface area contributed by atoms with Crippen LogP contribution in [0, 0.1) is 0 Å². The Morgan fingerprint density at radius 2 is 1.22 bits per heavy atom. The Labute approximate surface area is 115 Å². The van der Waals surface area contributed by atoms with E-state index < -0.39 is 30.1 Å². The molecule has 2 unspecified atom stereocenters. The minimum Gasteiger partial charge on any atom is -0.390 e. The van der Waals surface area contributed by atoms with Crippen LogP contribution in [-0.4, -0.2) is 74.7 Å². The average Bonchev–Trinajstić information content (AvgIpc) is 2.55. The second kappa shape index (κ2) is 6.41. The van der Waals surface area contributed by atoms with Crippen LogP contribution in [0.15, 0.2) is 0 Å². The predicted octanol–water partition coefficient (Wildman–Crippen LogP) is -1.64. The van der Waals surface area contributed by atoms with Crippen molar-refractivity contribution in [1.29, 1.82) is 0 Å². The van der Waals surface area contributed by atoms with Gasteiger partial charge in [-0.25, -0.2) is 4.79 Å². The van der Waals surface area contributed by atoms with E-state index in [0.717, 1.165) is 0 Å². The molecule has 1 saturated heterocycles. The smallest absolute Gasteiger partial charge is 0.334 e. The maximum atomic E-state index is 11.8. The molecule has 2 N–H and O–H groups in total. The van der Waals surface area contributed by atoms with Crippen molar-refractivity contribution in [3.8, 4) is 0 Å². The molecule has 1 heterocycles. The second-order valence-electron chi connectivity index (χ2n) is 3.79. The van der Waals surface area contributed by atoms with Crippen LogP contribution in [0.2, 0.25) is 0 Å². The molecule has 0 saturated carbocycles. The molecular formula is C9H14N2O5S2. The maximum absolute atomic E-state index is 11.8. The summed E-state index contributed by atoms with van der Waals surface area (Å²) in [6.45, 7) is -0.583. The number of carbonyl (C=O) groups is 3. The Bertz CT molecular complexity index is 333. The number of hydrogen-bond acceptors (Lipinski definition) is 7. The van der Waals surface area contributed by atoms with Gasteiger partial charge in [0, 0.05) is 11.5 Å². The zero-order chi connectivity index (χ0) is 13.9. The van der Waals surface area contributed by atoms with Crippen molar-refractivity contribution >= 4 is 43.1 Å². The first-order valence-electron chi connectivity index (χ1n) is 5.17. The summed E-state index contributed by atoms with van der Waals surface area (Å²) >= 11 is 7.63. The lowest BCUT2D eigenvalue weighted by Crippen LogP contribution is -2.41. The first-order valence-corrected chi connectivity index (χ1v) is 6.44. The quantitative estimate of drug-likeness (QED) is 0.268. The third kappa shape index (κ3) is 3.16. The fourth-order valence-corrected chi connectivity index (χ4v) is 1.64. The van der Waals surface area contributed by atoms with E-state index in [2.05, 4.69) is 25.3 Å². The van der Waals surface area contributed by atoms with Gasteiger partial charge in [0.1, 0.15) is 0 Å². The highest BCUT2D eigenvalue weighted by atomic mass is 32.1. The molecule has 9 heteroatoms. The second-order valence-corrected chi connectivity index (χ2v) is 4.52. The van der Waals surface area contributed by atoms with Gasteiger partial charge in [0.05, 0.1) is 25.3 Å². The molecule has 7 nitrogen and oxygen atoms in total. The van der Waals surface area contributed by atoms with Gasteiger partial charge < -0.3 is 10.2 Å². The van der Waals surface area contributed by atoms with Crippen LogP contribution in [0.25, 0.3) is 0 Å². The Morgan fingerprint density at radius 1 is 0.889 bits per heavy atom. The Hall–Kier alpha value is -0.770. The lowest BCUT2D eigenvalue weighted by Gasteiger charge is -2.18. The number of aliphatic hydroxyl groups is 2. The lowest BCUT2D eigenvalue weighted by molar-refractivity contribution is -0.143. The number of amides is 4. The standard InChI is InChI=1S/C9H14N2O5S2/c12-5(3-17)1-10-7(14)8(15)11(9(10)16)2-6(13)4-18/h5-6,12-13,17-18H,1-4H2. The highest BCUT2D eigenvalue weighted by Crippen LogP contribution is 2.13. The molecule has 4 amide bonds. The van der Waals surface area contributed by atoms with Gasteiger partial charge in [-0.1, -0.05) is 0 Å². The monoisotopic (exact) mass is 294 g/mol. The van der Waals surface area contributed by atoms with Crippen LogP contribution < -0.4 is 0 Å². The summed E-state index contributed by atoms with van der Waals surface area (Å²) in [6, 6.07) is -0.841. The molecule has 1 rings (SSSR count). The average molecular weight is 294 g/mol. The molecule has 0 aliphatic carbocycles. The molecular weight excluding hydrogens is 280 g/mol. The number of nitrogens with zero attached hydrogens (tertiary/aromatic N) is 2. The predicted molar refractivity (Wildman–Crippen MR) is 68.5 cm³/mol. The van der Waals surface area contributed by atoms with Gasteiger partial charge in [-0.05, 0) is 0 Å². The van der Waals surface area contributed by atoms with Crippen molar-refractivity contribution in [3.05, 3.63) is 0 Å². The van der Waals surface area contributed by atoms with Crippen LogP contribution in [0.4, 0.5) is 4.79 Å². The molecule has 2 atom stereocenters. The van der Waals surface area contributed by atoms with Gasteiger partial charge in [0.25, 0.3) is 0 Å². The van der Waals surface area contributed by atoms with E-state index in [9.17, 15) is 24.6 Å². The molecule has 1 aliphatic heterocycles. The number of carbonyl (C=O) groups excluding carboxylic acids is 3. The van der Waals surface area contributed by atoms with Gasteiger partial charge in [-0.15, -0.1) is 0 Å². The Morgan fingerprint density at radius 3 is 1.50 bits per heavy atom. The number of thiol groups is 2. The summed E-state index contributed by atoms with van der Waals surface area (Å²) in [5.41, 5.74) is 0. The molecule has 0 aromatic carbocycles. The molecule has 102 valence electrons. The fourth-order valence-electron chi connectivity index (χ4n) is 1.41. The third-order valence-electron chi connectivity index (χ3n) is 2.34. The highest BCUT2D eigenvalue weighted by molar-refractivity contribution is 7.80. The van der Waals surface area contributed by atoms with Crippen molar-refractivity contribution in [2.45, 2.75) is 12.2 Å². The maximum Gasteiger partial charge on any atom is 0.334 e. The summed E-state index contributed by atoms with van der Waals surface area (Å²) in [5, 5.41) is 18.7. The molecule has 0 bridgehead atoms. The van der Waals surface area contributed by atoms with E-state index in [-0.39, 0.29) is 24.6 Å². The van der Waals surface area contributed by atoms with E-state index >= 15 is 0 Å². The lowest BCUT2D eigenvalue weighted by atomic mass is 10.3. The first-order chi connectivity index (χ1) is 8.42. The minimum atomic E-state index is -1.01. The summed E-state index contributed by atoms with van der Waals surface area (Å²) in [6.07, 6.45) is -1.99. The largest absolute Gasteiger partial charge is 0.390 e. The van der Waals surface area contributed by atoms with Crippen LogP contribution in [0.5, 0.6) is 0 Å². The summed E-state index contributed by atoms with van der Waals surface area (Å²) in [5.74, 6) is -1.89. The minimum absolute atomic E-state index is 0.0600. The van der Waals surface area contributed by atoms with Gasteiger partial charge in [-0.2, -0.15) is 25.3 Å². The first kappa shape index (κ1) is 15.3. The molecule has 1 aliphatic rings. The normalized spacial score (nSPS) is 19.7. The third-order valence-corrected chi connectivity index (χ3v) is 3.19. The van der Waals surface area contributed by atoms with Crippen molar-refractivity contribution in [2.24, 2.45) is 0 Å². The fraction of sp³-hybridized carbons (Fsp3) is 0.667. The van der Waals surface area contributed by atoms with E-state index in [1.54, 1.807) is 0 Å². The summed E-state index contributed by atoms with van der Waals surface area (Å²) in [7, 11) is 0. The number of rotatable bonds is 6. The number of hydrogen-bond donors (Lipinski definition) is 4. The van der Waals surface area contributed by atoms with E-state index in [4.69, 9.17) is 0 Å². The molecule has 0 aromatic rings. The van der Waals surface area contributed by atoms with E-state index in [1.807, 2.05) is 0 Å². The van der Waals surface area contributed by atoms with Crippen LogP contribution in [-0.2, 0) is 9.59 Å². The molecule has 0 spiro atoms. The topological polar surface area (TPSA) is 98.2 Å². The number of aliphatic hydroxyl groups excluding tert-OH is 2. The van der Waals surface area contributed by atoms with Crippen molar-refractivity contribution < 1.29 is 24.6 Å².